The Balaban J connectivity index is 1.90. The van der Waals surface area contributed by atoms with Crippen LogP contribution in [-0.2, 0) is 17.9 Å². The number of carbonyl (C=O) groups is 1. The van der Waals surface area contributed by atoms with Crippen LogP contribution in [0.1, 0.15) is 17.7 Å². The van der Waals surface area contributed by atoms with Crippen molar-refractivity contribution in [2.24, 2.45) is 0 Å². The molecule has 2 rings (SSSR count). The van der Waals surface area contributed by atoms with Gasteiger partial charge in [0.25, 0.3) is 0 Å². The minimum atomic E-state index is -2.94. The number of aromatic nitrogens is 1. The number of aryl methyl sites for hydroxylation is 1. The predicted octanol–water partition coefficient (Wildman–Crippen LogP) is 2.53. The summed E-state index contributed by atoms with van der Waals surface area (Å²) in [4.78, 5) is 23.4. The van der Waals surface area contributed by atoms with Gasteiger partial charge in [0.15, 0.2) is 11.5 Å². The lowest BCUT2D eigenvalue weighted by atomic mass is 10.2. The minimum absolute atomic E-state index is 0.0696. The fourth-order valence-corrected chi connectivity index (χ4v) is 2.95. The molecular formula is C16H18F2N2O4S. The standard InChI is InChI=1S/C16H18F2N2O4S/c1-10-9-25-16(22)20(10)6-5-14(21)19-8-11-3-4-12(24-15(17)18)13(7-11)23-2/h3-4,7,9,15H,5-6,8H2,1-2H3,(H,19,21). The highest BCUT2D eigenvalue weighted by Gasteiger charge is 2.12. The lowest BCUT2D eigenvalue weighted by Crippen LogP contribution is -2.26. The highest BCUT2D eigenvalue weighted by Crippen LogP contribution is 2.29. The Hall–Kier alpha value is -2.42. The number of methoxy groups -OCH3 is 1. The Morgan fingerprint density at radius 2 is 2.12 bits per heavy atom. The summed E-state index contributed by atoms with van der Waals surface area (Å²) in [6, 6.07) is 4.44. The van der Waals surface area contributed by atoms with Crippen molar-refractivity contribution in [2.45, 2.75) is 33.0 Å². The Morgan fingerprint density at radius 1 is 1.36 bits per heavy atom. The lowest BCUT2D eigenvalue weighted by molar-refractivity contribution is -0.121. The van der Waals surface area contributed by atoms with E-state index >= 15 is 0 Å². The largest absolute Gasteiger partial charge is 0.493 e. The summed E-state index contributed by atoms with van der Waals surface area (Å²) >= 11 is 1.10. The second-order valence-electron chi connectivity index (χ2n) is 5.19. The number of hydrogen-bond acceptors (Lipinski definition) is 5. The van der Waals surface area contributed by atoms with Crippen molar-refractivity contribution in [3.05, 3.63) is 44.5 Å². The average Bonchev–Trinajstić information content (AvgIpc) is 2.89. The SMILES string of the molecule is COc1cc(CNC(=O)CCn2c(C)csc2=O)ccc1OC(F)F. The molecule has 1 amide bonds. The number of thiazole rings is 1. The molecule has 0 spiro atoms. The molecule has 0 atom stereocenters. The zero-order valence-electron chi connectivity index (χ0n) is 13.8. The molecule has 6 nitrogen and oxygen atoms in total. The van der Waals surface area contributed by atoms with Crippen LogP contribution in [0.15, 0.2) is 28.4 Å². The van der Waals surface area contributed by atoms with Crippen LogP contribution in [0.2, 0.25) is 0 Å². The fraction of sp³-hybridized carbons (Fsp3) is 0.375. The quantitative estimate of drug-likeness (QED) is 0.773. The lowest BCUT2D eigenvalue weighted by Gasteiger charge is -2.12. The topological polar surface area (TPSA) is 69.6 Å². The van der Waals surface area contributed by atoms with Gasteiger partial charge in [-0.05, 0) is 24.6 Å². The maximum absolute atomic E-state index is 12.3. The van der Waals surface area contributed by atoms with Crippen molar-refractivity contribution in [3.63, 3.8) is 0 Å². The molecule has 9 heteroatoms. The summed E-state index contributed by atoms with van der Waals surface area (Å²) in [6.45, 7) is -0.611. The number of rotatable bonds is 8. The smallest absolute Gasteiger partial charge is 0.387 e. The fourth-order valence-electron chi connectivity index (χ4n) is 2.19. The number of nitrogens with one attached hydrogen (secondary N) is 1. The van der Waals surface area contributed by atoms with Crippen molar-refractivity contribution in [1.29, 1.82) is 0 Å². The number of alkyl halides is 2. The molecular weight excluding hydrogens is 354 g/mol. The highest BCUT2D eigenvalue weighted by molar-refractivity contribution is 7.07. The summed E-state index contributed by atoms with van der Waals surface area (Å²) < 4.78 is 35.5. The number of halogens is 2. The van der Waals surface area contributed by atoms with E-state index in [0.29, 0.717) is 12.1 Å². The Kier molecular flexibility index (Phi) is 6.51. The molecule has 1 N–H and O–H groups in total. The van der Waals surface area contributed by atoms with Crippen LogP contribution in [-0.4, -0.2) is 24.2 Å². The number of carbonyl (C=O) groups excluding carboxylic acids is 1. The minimum Gasteiger partial charge on any atom is -0.493 e. The van der Waals surface area contributed by atoms with E-state index in [1.165, 1.54) is 19.2 Å². The van der Waals surface area contributed by atoms with Gasteiger partial charge < -0.3 is 19.4 Å². The monoisotopic (exact) mass is 372 g/mol. The van der Waals surface area contributed by atoms with E-state index in [-0.39, 0.29) is 35.2 Å². The van der Waals surface area contributed by atoms with Gasteiger partial charge in [0.05, 0.1) is 7.11 Å². The van der Waals surface area contributed by atoms with Crippen LogP contribution in [0.3, 0.4) is 0 Å². The predicted molar refractivity (Wildman–Crippen MR) is 89.4 cm³/mol. The Labute approximate surface area is 147 Å². The summed E-state index contributed by atoms with van der Waals surface area (Å²) in [5.41, 5.74) is 1.50. The summed E-state index contributed by atoms with van der Waals surface area (Å²) in [7, 11) is 1.34. The van der Waals surface area contributed by atoms with E-state index in [1.807, 2.05) is 6.92 Å². The first kappa shape index (κ1) is 18.9. The van der Waals surface area contributed by atoms with Crippen molar-refractivity contribution in [1.82, 2.24) is 9.88 Å². The highest BCUT2D eigenvalue weighted by atomic mass is 32.1. The van der Waals surface area contributed by atoms with E-state index in [9.17, 15) is 18.4 Å². The van der Waals surface area contributed by atoms with Crippen molar-refractivity contribution in [2.75, 3.05) is 7.11 Å². The maximum Gasteiger partial charge on any atom is 0.387 e. The van der Waals surface area contributed by atoms with E-state index < -0.39 is 6.61 Å². The first-order valence-corrected chi connectivity index (χ1v) is 8.32. The first-order valence-electron chi connectivity index (χ1n) is 7.44. The second-order valence-corrected chi connectivity index (χ2v) is 6.01. The van der Waals surface area contributed by atoms with Crippen molar-refractivity contribution in [3.8, 4) is 11.5 Å². The van der Waals surface area contributed by atoms with Gasteiger partial charge in [-0.15, -0.1) is 0 Å². The van der Waals surface area contributed by atoms with Crippen LogP contribution in [0.4, 0.5) is 8.78 Å². The molecule has 0 aliphatic heterocycles. The third-order valence-corrected chi connectivity index (χ3v) is 4.35. The second kappa shape index (κ2) is 8.61. The molecule has 0 unspecified atom stereocenters. The molecule has 0 bridgehead atoms. The first-order chi connectivity index (χ1) is 11.9. The molecule has 0 radical (unpaired) electrons. The third kappa shape index (κ3) is 5.28. The van der Waals surface area contributed by atoms with E-state index in [1.54, 1.807) is 16.0 Å². The van der Waals surface area contributed by atoms with Crippen LogP contribution in [0.25, 0.3) is 0 Å². The van der Waals surface area contributed by atoms with Gasteiger partial charge in [0.2, 0.25) is 5.91 Å². The van der Waals surface area contributed by atoms with Gasteiger partial charge in [-0.1, -0.05) is 17.4 Å². The van der Waals surface area contributed by atoms with Gasteiger partial charge in [-0.3, -0.25) is 9.59 Å². The zero-order chi connectivity index (χ0) is 18.4. The molecule has 25 heavy (non-hydrogen) atoms. The maximum atomic E-state index is 12.3. The Morgan fingerprint density at radius 3 is 2.72 bits per heavy atom. The normalized spacial score (nSPS) is 10.8. The number of benzene rings is 1. The number of hydrogen-bond donors (Lipinski definition) is 1. The molecule has 0 aliphatic carbocycles. The third-order valence-electron chi connectivity index (χ3n) is 3.47. The van der Waals surface area contributed by atoms with Gasteiger partial charge in [-0.2, -0.15) is 8.78 Å². The van der Waals surface area contributed by atoms with E-state index in [0.717, 1.165) is 17.0 Å². The van der Waals surface area contributed by atoms with Crippen molar-refractivity contribution >= 4 is 17.2 Å². The molecule has 0 saturated carbocycles. The number of ether oxygens (including phenoxy) is 2. The zero-order valence-corrected chi connectivity index (χ0v) is 14.6. The summed E-state index contributed by atoms with van der Waals surface area (Å²) in [6.07, 6.45) is 0.168. The van der Waals surface area contributed by atoms with Crippen LogP contribution >= 0.6 is 11.3 Å². The van der Waals surface area contributed by atoms with Gasteiger partial charge in [-0.25, -0.2) is 0 Å². The summed E-state index contributed by atoms with van der Waals surface area (Å²) in [5, 5.41) is 4.46. The molecule has 136 valence electrons. The van der Waals surface area contributed by atoms with E-state index in [2.05, 4.69) is 10.1 Å². The van der Waals surface area contributed by atoms with Crippen molar-refractivity contribution < 1.29 is 23.0 Å². The molecule has 2 aromatic rings. The number of nitrogens with zero attached hydrogens (tertiary/aromatic N) is 1. The van der Waals surface area contributed by atoms with Crippen LogP contribution in [0, 0.1) is 6.92 Å². The van der Waals surface area contributed by atoms with Gasteiger partial charge >= 0.3 is 11.5 Å². The molecule has 1 heterocycles. The summed E-state index contributed by atoms with van der Waals surface area (Å²) in [5.74, 6) is -0.128. The molecule has 0 aliphatic rings. The average molecular weight is 372 g/mol. The van der Waals surface area contributed by atoms with Gasteiger partial charge in [0, 0.05) is 30.6 Å². The van der Waals surface area contributed by atoms with E-state index in [4.69, 9.17) is 4.74 Å². The number of amides is 1. The van der Waals surface area contributed by atoms with Gasteiger partial charge in [0.1, 0.15) is 0 Å². The molecule has 1 aromatic heterocycles. The Bertz CT molecular complexity index is 789. The van der Waals surface area contributed by atoms with Crippen LogP contribution in [0.5, 0.6) is 11.5 Å². The van der Waals surface area contributed by atoms with Crippen LogP contribution < -0.4 is 19.7 Å². The molecule has 0 saturated heterocycles. The molecule has 1 aromatic carbocycles. The molecule has 0 fully saturated rings.